The van der Waals surface area contributed by atoms with Crippen molar-refractivity contribution in [2.45, 2.75) is 9.79 Å². The summed E-state index contributed by atoms with van der Waals surface area (Å²) in [6.45, 7) is 0. The number of hydrogen-bond donors (Lipinski definition) is 7. The Hall–Kier alpha value is -7.58. The van der Waals surface area contributed by atoms with Crippen molar-refractivity contribution in [2.75, 3.05) is 51.2 Å². The first-order valence-electron chi connectivity index (χ1n) is 21.1. The van der Waals surface area contributed by atoms with Crippen LogP contribution in [0.25, 0.3) is 22.0 Å². The number of fused-ring (bicyclic) bond motifs is 2. The Balaban J connectivity index is 1.30. The topological polar surface area (TPSA) is 311 Å². The fourth-order valence-corrected chi connectivity index (χ4v) is 8.80. The minimum absolute atomic E-state index is 0.0454. The van der Waals surface area contributed by atoms with Gasteiger partial charge in [-0.15, -0.1) is 27.1 Å². The summed E-state index contributed by atoms with van der Waals surface area (Å²) in [4.78, 5) is 77.9. The van der Waals surface area contributed by atoms with Crippen LogP contribution in [0.4, 0.5) is 34.6 Å². The van der Waals surface area contributed by atoms with Crippen LogP contribution < -0.4 is 36.7 Å². The number of carbonyl (C=O) groups excluding carboxylic acids is 2. The van der Waals surface area contributed by atoms with Gasteiger partial charge in [-0.2, -0.15) is 29.8 Å². The van der Waals surface area contributed by atoms with E-state index in [1.165, 1.54) is 89.3 Å². The van der Waals surface area contributed by atoms with Crippen LogP contribution in [0.5, 0.6) is 11.8 Å². The Bertz CT molecular complexity index is 3500. The number of aryl methyl sites for hydroxylation is 1. The van der Waals surface area contributed by atoms with Gasteiger partial charge in [-0.1, -0.05) is 48.5 Å². The average molecular weight is 1060 g/mol. The summed E-state index contributed by atoms with van der Waals surface area (Å²) in [6, 6.07) is 23.5. The van der Waals surface area contributed by atoms with E-state index in [4.69, 9.17) is 17.9 Å². The molecule has 2 heterocycles. The number of carboxylic acids is 1. The maximum Gasteiger partial charge on any atom is 0.484 e. The molecule has 0 saturated carbocycles. The lowest BCUT2D eigenvalue weighted by atomic mass is 9.80. The molecule has 0 aliphatic heterocycles. The van der Waals surface area contributed by atoms with E-state index in [2.05, 4.69) is 56.9 Å². The average Bonchev–Trinajstić information content (AvgIpc) is 3.35. The van der Waals surface area contributed by atoms with Crippen molar-refractivity contribution < 1.29 is 69.8 Å². The number of carbonyl (C=O) groups is 3. The van der Waals surface area contributed by atoms with E-state index < -0.39 is 43.3 Å². The van der Waals surface area contributed by atoms with Crippen LogP contribution in [0.15, 0.2) is 112 Å². The summed E-state index contributed by atoms with van der Waals surface area (Å²) in [5.74, 6) is -3.48. The van der Waals surface area contributed by atoms with Gasteiger partial charge >= 0.3 is 22.3 Å². The van der Waals surface area contributed by atoms with Crippen molar-refractivity contribution in [3.8, 4) is 22.9 Å². The van der Waals surface area contributed by atoms with Crippen molar-refractivity contribution in [1.29, 1.82) is 0 Å². The van der Waals surface area contributed by atoms with Crippen LogP contribution >= 0.6 is 24.1 Å². The summed E-state index contributed by atoms with van der Waals surface area (Å²) < 4.78 is 43.8. The van der Waals surface area contributed by atoms with Gasteiger partial charge in [0.2, 0.25) is 11.9 Å². The van der Waals surface area contributed by atoms with Gasteiger partial charge in [0.1, 0.15) is 0 Å². The number of rotatable bonds is 22. The minimum atomic E-state index is -4.50. The molecule has 1 aliphatic carbocycles. The Morgan fingerprint density at radius 3 is 2.05 bits per heavy atom. The standard InChI is InChI=1S/C45H40N10O15S3/c1-46-65-67-69-71-24-13-11-12-23(20-24)39(56)38-35-25-14-7-8-15-26(25)40(57)36-29(18-19-32(37(35)36)54(3)41(38)58)48-31-21-30(33(64-73(62,63)55(4,5)6)22-34(31)72-70-68-66-47-2)50-44-51-43(52-45(61)53-44)49-28-17-10-9-16-27(28)42(59)60/h7-22,46-47H,1-6H3,(H4-,48,49,50,51,52,53,57,59,60,61)/p+1. The molecule has 0 amide bonds. The monoisotopic (exact) mass is 1060 g/mol. The van der Waals surface area contributed by atoms with Crippen LogP contribution in [0.2, 0.25) is 0 Å². The van der Waals surface area contributed by atoms with Crippen LogP contribution in [0.1, 0.15) is 42.2 Å². The number of aromatic nitrogens is 4. The normalized spacial score (nSPS) is 12.1. The summed E-state index contributed by atoms with van der Waals surface area (Å²) in [5, 5.41) is 38.8. The lowest BCUT2D eigenvalue weighted by Gasteiger charge is -2.26. The summed E-state index contributed by atoms with van der Waals surface area (Å²) in [6.07, 6.45) is 0. The third-order valence-electron chi connectivity index (χ3n) is 10.6. The zero-order chi connectivity index (χ0) is 52.2. The number of quaternary nitrogens is 1. The van der Waals surface area contributed by atoms with E-state index >= 15 is 0 Å². The molecule has 8 rings (SSSR count). The predicted molar refractivity (Wildman–Crippen MR) is 263 cm³/mol. The molecule has 25 nitrogen and oxygen atoms in total. The van der Waals surface area contributed by atoms with Gasteiger partial charge in [0.05, 0.1) is 95.1 Å². The number of benzene rings is 5. The lowest BCUT2D eigenvalue weighted by molar-refractivity contribution is -0.743. The highest BCUT2D eigenvalue weighted by atomic mass is 32.2. The van der Waals surface area contributed by atoms with E-state index in [1.807, 2.05) is 0 Å². The van der Waals surface area contributed by atoms with Crippen molar-refractivity contribution in [1.82, 2.24) is 30.5 Å². The Labute approximate surface area is 422 Å². The number of hydrogen-bond acceptors (Lipinski definition) is 24. The zero-order valence-corrected chi connectivity index (χ0v) is 41.3. The lowest BCUT2D eigenvalue weighted by Crippen LogP contribution is -2.44. The Kier molecular flexibility index (Phi) is 15.3. The second kappa shape index (κ2) is 21.6. The molecule has 73 heavy (non-hydrogen) atoms. The third-order valence-corrected chi connectivity index (χ3v) is 13.5. The predicted octanol–water partition coefficient (Wildman–Crippen LogP) is 6.17. The van der Waals surface area contributed by atoms with Crippen LogP contribution in [-0.4, -0.2) is 94.8 Å². The molecule has 2 aromatic heterocycles. The summed E-state index contributed by atoms with van der Waals surface area (Å²) in [7, 11) is 3.88. The zero-order valence-electron chi connectivity index (χ0n) is 38.9. The number of aromatic carboxylic acids is 1. The van der Waals surface area contributed by atoms with Gasteiger partial charge < -0.3 is 34.9 Å². The number of nitrogens with zero attached hydrogens (tertiary/aromatic N) is 5. The minimum Gasteiger partial charge on any atom is -0.479 e. The van der Waals surface area contributed by atoms with E-state index in [-0.39, 0.29) is 84.1 Å². The van der Waals surface area contributed by atoms with Gasteiger partial charge in [-0.3, -0.25) is 14.4 Å². The number of carboxylic acid groups (broad SMARTS) is 1. The number of pyridine rings is 1. The molecule has 0 radical (unpaired) electrons. The molecular formula is C45H41N10O15S3+. The molecule has 0 fully saturated rings. The SMILES string of the molecule is CNOOOSc1cccc(C(=O)c2c3c4c(c(Nc5cc(Nc6nc(O)nc(Nc7ccccc7C(=O)O)n6)c(OS(=O)(=O)[N+](C)(C)C)cc5SOOONC)ccc4n(C)c2=O)C(=O)c2ccccc2-3)c1. The van der Waals surface area contributed by atoms with E-state index in [1.54, 1.807) is 54.6 Å². The van der Waals surface area contributed by atoms with E-state index in [0.717, 1.165) is 12.0 Å². The number of para-hydroxylation sites is 1. The molecule has 7 N–H and O–H groups in total. The summed E-state index contributed by atoms with van der Waals surface area (Å²) >= 11 is 1.26. The summed E-state index contributed by atoms with van der Waals surface area (Å²) in [5.41, 5.74) is 4.80. The van der Waals surface area contributed by atoms with E-state index in [0.29, 0.717) is 28.0 Å². The molecule has 0 atom stereocenters. The maximum atomic E-state index is 14.9. The first-order valence-corrected chi connectivity index (χ1v) is 23.9. The second-order valence-electron chi connectivity index (χ2n) is 16.0. The molecule has 5 aromatic carbocycles. The van der Waals surface area contributed by atoms with E-state index in [9.17, 15) is 37.8 Å². The molecule has 0 unspecified atom stereocenters. The number of ketones is 2. The van der Waals surface area contributed by atoms with Gasteiger partial charge in [0, 0.05) is 54.2 Å². The van der Waals surface area contributed by atoms with Gasteiger partial charge in [-0.25, -0.2) is 4.79 Å². The number of hydroxylamine groups is 2. The fourth-order valence-electron chi connectivity index (χ4n) is 7.28. The van der Waals surface area contributed by atoms with Gasteiger partial charge in [-0.05, 0) is 58.1 Å². The largest absolute Gasteiger partial charge is 0.484 e. The molecule has 28 heteroatoms. The molecule has 0 spiro atoms. The number of aromatic hydroxyl groups is 1. The first kappa shape index (κ1) is 51.8. The highest BCUT2D eigenvalue weighted by Crippen LogP contribution is 2.46. The highest BCUT2D eigenvalue weighted by Gasteiger charge is 2.36. The van der Waals surface area contributed by atoms with Crippen LogP contribution in [-0.2, 0) is 46.1 Å². The maximum absolute atomic E-state index is 14.9. The smallest absolute Gasteiger partial charge is 0.479 e. The molecule has 7 aromatic rings. The quantitative estimate of drug-likeness (QED) is 0.00996. The fraction of sp³-hybridized carbons (Fsp3) is 0.133. The first-order chi connectivity index (χ1) is 34.9. The Morgan fingerprint density at radius 1 is 0.712 bits per heavy atom. The highest BCUT2D eigenvalue weighted by molar-refractivity contribution is 7.95. The van der Waals surface area contributed by atoms with Crippen molar-refractivity contribution in [2.24, 2.45) is 7.05 Å². The van der Waals surface area contributed by atoms with Crippen molar-refractivity contribution in [3.05, 3.63) is 135 Å². The van der Waals surface area contributed by atoms with Crippen molar-refractivity contribution in [3.63, 3.8) is 0 Å². The van der Waals surface area contributed by atoms with Crippen molar-refractivity contribution >= 4 is 97.5 Å². The Morgan fingerprint density at radius 2 is 1.37 bits per heavy atom. The number of anilines is 6. The second-order valence-corrected chi connectivity index (χ2v) is 19.6. The number of nitrogens with one attached hydrogen (secondary N) is 5. The van der Waals surface area contributed by atoms with Crippen LogP contribution in [0, 0.1) is 0 Å². The molecule has 0 bridgehead atoms. The van der Waals surface area contributed by atoms with Gasteiger partial charge in [0.25, 0.3) is 5.56 Å². The van der Waals surface area contributed by atoms with Gasteiger partial charge in [0.15, 0.2) is 17.3 Å². The third kappa shape index (κ3) is 10.9. The van der Waals surface area contributed by atoms with Crippen LogP contribution in [0.3, 0.4) is 0 Å². The molecule has 378 valence electrons. The molecule has 1 aliphatic rings. The molecular weight excluding hydrogens is 1020 g/mol. The molecule has 0 saturated heterocycles.